The Morgan fingerprint density at radius 2 is 1.90 bits per heavy atom. The maximum Gasteiger partial charge on any atom is 0.251 e. The molecule has 0 heterocycles. The molecule has 0 aliphatic heterocycles. The summed E-state index contributed by atoms with van der Waals surface area (Å²) in [6, 6.07) is 7.13. The molecule has 0 aromatic heterocycles. The Bertz CT molecular complexity index is 424. The topological polar surface area (TPSA) is 47.6 Å². The highest BCUT2D eigenvalue weighted by Crippen LogP contribution is 2.20. The fourth-order valence-corrected chi connectivity index (χ4v) is 2.60. The number of methoxy groups -OCH3 is 1. The van der Waals surface area contributed by atoms with E-state index in [0.717, 1.165) is 18.8 Å². The number of nitrogens with one attached hydrogen (secondary N) is 1. The highest BCUT2D eigenvalue weighted by Gasteiger charge is 2.13. The third-order valence-corrected chi connectivity index (χ3v) is 3.86. The zero-order chi connectivity index (χ0) is 14.9. The van der Waals surface area contributed by atoms with Crippen molar-refractivity contribution < 1.29 is 14.3 Å². The lowest BCUT2D eigenvalue weighted by molar-refractivity contribution is 0.0273. The van der Waals surface area contributed by atoms with Crippen LogP contribution in [0.3, 0.4) is 0 Å². The van der Waals surface area contributed by atoms with Crippen molar-refractivity contribution in [1.82, 2.24) is 5.32 Å². The quantitative estimate of drug-likeness (QED) is 0.785. The number of carbonyl (C=O) groups is 1. The second-order valence-corrected chi connectivity index (χ2v) is 5.47. The number of amides is 1. The molecular formula is C17H25NO3. The molecule has 1 aromatic rings. The largest absolute Gasteiger partial charge is 0.497 e. The fraction of sp³-hybridized carbons (Fsp3) is 0.588. The maximum absolute atomic E-state index is 11.9. The second kappa shape index (κ2) is 8.67. The van der Waals surface area contributed by atoms with E-state index in [1.807, 2.05) is 0 Å². The highest BCUT2D eigenvalue weighted by atomic mass is 16.5. The standard InChI is InChI=1S/C17H25NO3/c1-20-15-10-8-14(9-11-15)17(19)18-12-5-13-21-16-6-3-2-4-7-16/h8-11,16H,2-7,12-13H2,1H3,(H,18,19). The Morgan fingerprint density at radius 3 is 2.57 bits per heavy atom. The van der Waals surface area contributed by atoms with E-state index in [9.17, 15) is 4.79 Å². The molecule has 1 fully saturated rings. The normalized spacial score (nSPS) is 15.7. The molecule has 1 aliphatic carbocycles. The first-order chi connectivity index (χ1) is 10.3. The van der Waals surface area contributed by atoms with Crippen molar-refractivity contribution in [2.24, 2.45) is 0 Å². The number of ether oxygens (including phenoxy) is 2. The Hall–Kier alpha value is -1.55. The molecule has 4 heteroatoms. The van der Waals surface area contributed by atoms with Gasteiger partial charge in [-0.2, -0.15) is 0 Å². The minimum Gasteiger partial charge on any atom is -0.497 e. The summed E-state index contributed by atoms with van der Waals surface area (Å²) in [6.45, 7) is 1.38. The minimum atomic E-state index is -0.0460. The maximum atomic E-state index is 11.9. The van der Waals surface area contributed by atoms with Crippen LogP contribution in [-0.2, 0) is 4.74 Å². The van der Waals surface area contributed by atoms with Gasteiger partial charge < -0.3 is 14.8 Å². The smallest absolute Gasteiger partial charge is 0.251 e. The third kappa shape index (κ3) is 5.38. The molecular weight excluding hydrogens is 266 g/mol. The first kappa shape index (κ1) is 15.8. The number of benzene rings is 1. The lowest BCUT2D eigenvalue weighted by Gasteiger charge is -2.21. The van der Waals surface area contributed by atoms with Crippen molar-refractivity contribution in [3.8, 4) is 5.75 Å². The molecule has 21 heavy (non-hydrogen) atoms. The van der Waals surface area contributed by atoms with Gasteiger partial charge in [-0.05, 0) is 43.5 Å². The van der Waals surface area contributed by atoms with Crippen molar-refractivity contribution in [3.05, 3.63) is 29.8 Å². The van der Waals surface area contributed by atoms with E-state index in [-0.39, 0.29) is 5.91 Å². The molecule has 0 spiro atoms. The van der Waals surface area contributed by atoms with Crippen LogP contribution in [-0.4, -0.2) is 32.3 Å². The van der Waals surface area contributed by atoms with Crippen LogP contribution < -0.4 is 10.1 Å². The van der Waals surface area contributed by atoms with E-state index in [0.29, 0.717) is 18.2 Å². The number of carbonyl (C=O) groups excluding carboxylic acids is 1. The first-order valence-electron chi connectivity index (χ1n) is 7.83. The molecule has 0 atom stereocenters. The molecule has 0 bridgehead atoms. The van der Waals surface area contributed by atoms with Crippen LogP contribution in [0.15, 0.2) is 24.3 Å². The molecule has 2 rings (SSSR count). The highest BCUT2D eigenvalue weighted by molar-refractivity contribution is 5.94. The van der Waals surface area contributed by atoms with Gasteiger partial charge in [-0.15, -0.1) is 0 Å². The summed E-state index contributed by atoms with van der Waals surface area (Å²) in [6.07, 6.45) is 7.61. The predicted octanol–water partition coefficient (Wildman–Crippen LogP) is 3.16. The van der Waals surface area contributed by atoms with E-state index in [4.69, 9.17) is 9.47 Å². The van der Waals surface area contributed by atoms with Crippen molar-refractivity contribution >= 4 is 5.91 Å². The molecule has 1 aliphatic rings. The summed E-state index contributed by atoms with van der Waals surface area (Å²) in [5.74, 6) is 0.711. The van der Waals surface area contributed by atoms with E-state index in [1.165, 1.54) is 32.1 Å². The molecule has 4 nitrogen and oxygen atoms in total. The van der Waals surface area contributed by atoms with E-state index in [1.54, 1.807) is 31.4 Å². The molecule has 1 saturated carbocycles. The van der Waals surface area contributed by atoms with Gasteiger partial charge in [0.1, 0.15) is 5.75 Å². The molecule has 1 aromatic carbocycles. The number of hydrogen-bond donors (Lipinski definition) is 1. The van der Waals surface area contributed by atoms with Crippen LogP contribution in [0.2, 0.25) is 0 Å². The molecule has 1 amide bonds. The average Bonchev–Trinajstić information content (AvgIpc) is 2.55. The molecule has 1 N–H and O–H groups in total. The van der Waals surface area contributed by atoms with Gasteiger partial charge in [0.25, 0.3) is 5.91 Å². The molecule has 0 saturated heterocycles. The summed E-state index contributed by atoms with van der Waals surface area (Å²) in [5.41, 5.74) is 0.656. The lowest BCUT2D eigenvalue weighted by atomic mass is 9.98. The molecule has 0 radical (unpaired) electrons. The van der Waals surface area contributed by atoms with Crippen LogP contribution in [0.5, 0.6) is 5.75 Å². The molecule has 0 unspecified atom stereocenters. The third-order valence-electron chi connectivity index (χ3n) is 3.86. The average molecular weight is 291 g/mol. The SMILES string of the molecule is COc1ccc(C(=O)NCCCOC2CCCCC2)cc1. The summed E-state index contributed by atoms with van der Waals surface area (Å²) in [4.78, 5) is 11.9. The summed E-state index contributed by atoms with van der Waals surface area (Å²) in [5, 5.41) is 2.91. The van der Waals surface area contributed by atoms with Crippen LogP contribution in [0.1, 0.15) is 48.9 Å². The number of hydrogen-bond acceptors (Lipinski definition) is 3. The van der Waals surface area contributed by atoms with Crippen LogP contribution in [0.25, 0.3) is 0 Å². The zero-order valence-electron chi connectivity index (χ0n) is 12.8. The summed E-state index contributed by atoms with van der Waals surface area (Å²) >= 11 is 0. The zero-order valence-corrected chi connectivity index (χ0v) is 12.8. The first-order valence-corrected chi connectivity index (χ1v) is 7.83. The number of rotatable bonds is 7. The van der Waals surface area contributed by atoms with Gasteiger partial charge in [-0.3, -0.25) is 4.79 Å². The van der Waals surface area contributed by atoms with Gasteiger partial charge in [-0.1, -0.05) is 19.3 Å². The Balaban J connectivity index is 1.60. The van der Waals surface area contributed by atoms with Crippen molar-refractivity contribution in [2.75, 3.05) is 20.3 Å². The van der Waals surface area contributed by atoms with Crippen molar-refractivity contribution in [2.45, 2.75) is 44.6 Å². The van der Waals surface area contributed by atoms with Crippen LogP contribution in [0, 0.1) is 0 Å². The van der Waals surface area contributed by atoms with Crippen molar-refractivity contribution in [1.29, 1.82) is 0 Å². The van der Waals surface area contributed by atoms with E-state index in [2.05, 4.69) is 5.32 Å². The van der Waals surface area contributed by atoms with Crippen molar-refractivity contribution in [3.63, 3.8) is 0 Å². The monoisotopic (exact) mass is 291 g/mol. The Kier molecular flexibility index (Phi) is 6.54. The second-order valence-electron chi connectivity index (χ2n) is 5.47. The van der Waals surface area contributed by atoms with Crippen LogP contribution >= 0.6 is 0 Å². The minimum absolute atomic E-state index is 0.0460. The summed E-state index contributed by atoms with van der Waals surface area (Å²) < 4.78 is 10.9. The van der Waals surface area contributed by atoms with E-state index >= 15 is 0 Å². The summed E-state index contributed by atoms with van der Waals surface area (Å²) in [7, 11) is 1.61. The fourth-order valence-electron chi connectivity index (χ4n) is 2.60. The van der Waals surface area contributed by atoms with Crippen LogP contribution in [0.4, 0.5) is 0 Å². The van der Waals surface area contributed by atoms with E-state index < -0.39 is 0 Å². The van der Waals surface area contributed by atoms with Gasteiger partial charge in [0, 0.05) is 18.7 Å². The van der Waals surface area contributed by atoms with Gasteiger partial charge in [0.05, 0.1) is 13.2 Å². The Morgan fingerprint density at radius 1 is 1.19 bits per heavy atom. The van der Waals surface area contributed by atoms with Gasteiger partial charge in [0.15, 0.2) is 0 Å². The predicted molar refractivity (Wildman–Crippen MR) is 82.8 cm³/mol. The Labute approximate surface area is 126 Å². The lowest BCUT2D eigenvalue weighted by Crippen LogP contribution is -2.26. The van der Waals surface area contributed by atoms with Gasteiger partial charge >= 0.3 is 0 Å². The van der Waals surface area contributed by atoms with Gasteiger partial charge in [-0.25, -0.2) is 0 Å². The van der Waals surface area contributed by atoms with Gasteiger partial charge in [0.2, 0.25) is 0 Å². The molecule has 116 valence electrons.